The van der Waals surface area contributed by atoms with Gasteiger partial charge in [0.15, 0.2) is 0 Å². The number of hydrogen-bond acceptors (Lipinski definition) is 7. The first-order valence-corrected chi connectivity index (χ1v) is 13.4. The van der Waals surface area contributed by atoms with Gasteiger partial charge in [-0.3, -0.25) is 43.4 Å². The van der Waals surface area contributed by atoms with Crippen LogP contribution >= 0.6 is 0 Å². The molecule has 12 nitrogen and oxygen atoms in total. The first-order valence-electron chi connectivity index (χ1n) is 13.4. The van der Waals surface area contributed by atoms with Crippen LogP contribution in [0.15, 0.2) is 12.2 Å². The Morgan fingerprint density at radius 3 is 2.11 bits per heavy atom. The van der Waals surface area contributed by atoms with E-state index >= 15 is 0 Å². The number of nitrogens with one attached hydrogen (secondary N) is 3. The van der Waals surface area contributed by atoms with Gasteiger partial charge in [-0.05, 0) is 25.7 Å². The fourth-order valence-electron chi connectivity index (χ4n) is 4.20. The summed E-state index contributed by atoms with van der Waals surface area (Å²) in [6, 6.07) is -0.775. The summed E-state index contributed by atoms with van der Waals surface area (Å²) in [5.74, 6) is -2.84. The number of hydrogen-bond donors (Lipinski definition) is 3. The van der Waals surface area contributed by atoms with Crippen LogP contribution < -0.4 is 16.0 Å². The molecule has 0 aromatic carbocycles. The molecule has 2 atom stereocenters. The van der Waals surface area contributed by atoms with Crippen LogP contribution in [0.1, 0.15) is 71.6 Å². The molecular weight excluding hydrogens is 494 g/mol. The Kier molecular flexibility index (Phi) is 12.6. The summed E-state index contributed by atoms with van der Waals surface area (Å²) in [4.78, 5) is 86.4. The lowest BCUT2D eigenvalue weighted by Crippen LogP contribution is -2.47. The third kappa shape index (κ3) is 9.71. The van der Waals surface area contributed by atoms with Gasteiger partial charge in [-0.2, -0.15) is 0 Å². The summed E-state index contributed by atoms with van der Waals surface area (Å²) in [7, 11) is 0. The van der Waals surface area contributed by atoms with Crippen LogP contribution in [-0.4, -0.2) is 83.4 Å². The fraction of sp³-hybridized carbons (Fsp3) is 0.654. The van der Waals surface area contributed by atoms with Crippen molar-refractivity contribution in [3.8, 4) is 0 Å². The second-order valence-corrected chi connectivity index (χ2v) is 9.61. The Labute approximate surface area is 222 Å². The predicted octanol–water partition coefficient (Wildman–Crippen LogP) is 0.164. The number of nitrogens with zero attached hydrogens (tertiary/aromatic N) is 2. The van der Waals surface area contributed by atoms with Crippen molar-refractivity contribution < 1.29 is 33.6 Å². The molecule has 2 heterocycles. The highest BCUT2D eigenvalue weighted by atomic mass is 16.2. The third-order valence-electron chi connectivity index (χ3n) is 6.47. The zero-order valence-corrected chi connectivity index (χ0v) is 22.3. The van der Waals surface area contributed by atoms with Gasteiger partial charge >= 0.3 is 0 Å². The van der Waals surface area contributed by atoms with Gasteiger partial charge in [0.2, 0.25) is 29.5 Å². The molecule has 0 spiro atoms. The van der Waals surface area contributed by atoms with E-state index in [0.717, 1.165) is 29.1 Å². The molecule has 0 radical (unpaired) electrons. The van der Waals surface area contributed by atoms with Crippen molar-refractivity contribution in [2.24, 2.45) is 5.92 Å². The van der Waals surface area contributed by atoms with Crippen LogP contribution in [0, 0.1) is 5.92 Å². The Balaban J connectivity index is 1.75. The van der Waals surface area contributed by atoms with E-state index in [1.165, 1.54) is 12.2 Å². The van der Waals surface area contributed by atoms with Crippen LogP contribution in [-0.2, 0) is 33.6 Å². The van der Waals surface area contributed by atoms with E-state index in [2.05, 4.69) is 22.9 Å². The van der Waals surface area contributed by atoms with Crippen molar-refractivity contribution >= 4 is 41.4 Å². The van der Waals surface area contributed by atoms with Crippen molar-refractivity contribution in [3.63, 3.8) is 0 Å². The second kappa shape index (κ2) is 15.6. The summed E-state index contributed by atoms with van der Waals surface area (Å²) >= 11 is 0. The van der Waals surface area contributed by atoms with E-state index in [-0.39, 0.29) is 61.9 Å². The van der Waals surface area contributed by atoms with E-state index in [0.29, 0.717) is 32.4 Å². The minimum atomic E-state index is -0.775. The molecule has 0 aliphatic carbocycles. The molecule has 210 valence electrons. The van der Waals surface area contributed by atoms with Crippen LogP contribution in [0.4, 0.5) is 0 Å². The molecule has 0 saturated carbocycles. The zero-order chi connectivity index (χ0) is 28.1. The molecule has 1 saturated heterocycles. The number of carbonyl (C=O) groups excluding carboxylic acids is 7. The average molecular weight is 534 g/mol. The molecule has 2 rings (SSSR count). The van der Waals surface area contributed by atoms with E-state index in [4.69, 9.17) is 0 Å². The highest BCUT2D eigenvalue weighted by molar-refractivity contribution is 6.13. The van der Waals surface area contributed by atoms with Gasteiger partial charge in [-0.15, -0.1) is 0 Å². The molecule has 2 aliphatic heterocycles. The molecule has 1 fully saturated rings. The van der Waals surface area contributed by atoms with Gasteiger partial charge in [0, 0.05) is 63.5 Å². The van der Waals surface area contributed by atoms with Crippen LogP contribution in [0.5, 0.6) is 0 Å². The number of unbranched alkanes of at least 4 members (excludes halogenated alkanes) is 3. The minimum absolute atomic E-state index is 0.00118. The maximum absolute atomic E-state index is 12.7. The van der Waals surface area contributed by atoms with Crippen molar-refractivity contribution in [3.05, 3.63) is 12.2 Å². The maximum atomic E-state index is 12.7. The topological polar surface area (TPSA) is 162 Å². The Bertz CT molecular complexity index is 930. The molecule has 0 aromatic heterocycles. The predicted molar refractivity (Wildman–Crippen MR) is 137 cm³/mol. The first kappa shape index (κ1) is 30.7. The Morgan fingerprint density at radius 1 is 0.868 bits per heavy atom. The third-order valence-corrected chi connectivity index (χ3v) is 6.47. The summed E-state index contributed by atoms with van der Waals surface area (Å²) in [5.41, 5.74) is 0. The van der Waals surface area contributed by atoms with Crippen molar-refractivity contribution in [1.29, 1.82) is 0 Å². The lowest BCUT2D eigenvalue weighted by atomic mass is 10.1. The molecule has 3 N–H and O–H groups in total. The standard InChI is InChI=1S/C26H39N5O7/c1-3-4-6-14-28-25(37)19(29-21(33)12-16-31-24(36)17-18(2)26(31)38)8-5-7-13-27-20(32)11-15-30-22(34)9-10-23(30)35/h9-10,18-19H,3-8,11-17H2,1-2H3,(H,27,32)(H,28,37)(H,29,33)/t18?,19-/m0/s1. The average Bonchev–Trinajstić information content (AvgIpc) is 3.33. The molecule has 7 amide bonds. The molecule has 2 aliphatic rings. The monoisotopic (exact) mass is 533 g/mol. The minimum Gasteiger partial charge on any atom is -0.356 e. The van der Waals surface area contributed by atoms with Crippen LogP contribution in [0.25, 0.3) is 0 Å². The van der Waals surface area contributed by atoms with E-state index < -0.39 is 23.8 Å². The summed E-state index contributed by atoms with van der Waals surface area (Å²) in [6.45, 7) is 4.57. The summed E-state index contributed by atoms with van der Waals surface area (Å²) in [6.07, 6.45) is 6.66. The summed E-state index contributed by atoms with van der Waals surface area (Å²) < 4.78 is 0. The Morgan fingerprint density at radius 2 is 1.47 bits per heavy atom. The molecule has 0 bridgehead atoms. The maximum Gasteiger partial charge on any atom is 0.253 e. The summed E-state index contributed by atoms with van der Waals surface area (Å²) in [5, 5.41) is 8.29. The molecule has 38 heavy (non-hydrogen) atoms. The first-order chi connectivity index (χ1) is 18.1. The lowest BCUT2D eigenvalue weighted by molar-refractivity contribution is -0.140. The van der Waals surface area contributed by atoms with Crippen molar-refractivity contribution in [2.75, 3.05) is 26.2 Å². The number of rotatable bonds is 17. The van der Waals surface area contributed by atoms with Gasteiger partial charge in [0.25, 0.3) is 11.8 Å². The van der Waals surface area contributed by atoms with E-state index in [1.54, 1.807) is 6.92 Å². The van der Waals surface area contributed by atoms with E-state index in [9.17, 15) is 33.6 Å². The number of imide groups is 2. The number of carbonyl (C=O) groups is 7. The number of amides is 7. The normalized spacial score (nSPS) is 17.8. The van der Waals surface area contributed by atoms with Gasteiger partial charge in [-0.1, -0.05) is 26.7 Å². The second-order valence-electron chi connectivity index (χ2n) is 9.61. The zero-order valence-electron chi connectivity index (χ0n) is 22.3. The quantitative estimate of drug-likeness (QED) is 0.177. The highest BCUT2D eigenvalue weighted by Crippen LogP contribution is 2.18. The van der Waals surface area contributed by atoms with Gasteiger partial charge in [0.05, 0.1) is 0 Å². The van der Waals surface area contributed by atoms with Gasteiger partial charge < -0.3 is 16.0 Å². The fourth-order valence-corrected chi connectivity index (χ4v) is 4.20. The largest absolute Gasteiger partial charge is 0.356 e. The number of likely N-dealkylation sites (tertiary alicyclic amines) is 1. The van der Waals surface area contributed by atoms with Gasteiger partial charge in [0.1, 0.15) is 6.04 Å². The lowest BCUT2D eigenvalue weighted by Gasteiger charge is -2.20. The van der Waals surface area contributed by atoms with E-state index in [1.807, 2.05) is 0 Å². The SMILES string of the molecule is CCCCCNC(=O)[C@H](CCCCNC(=O)CCN1C(=O)C=CC1=O)NC(=O)CCN1C(=O)CC(C)C1=O. The Hall–Kier alpha value is -3.57. The van der Waals surface area contributed by atoms with Crippen molar-refractivity contribution in [1.82, 2.24) is 25.8 Å². The van der Waals surface area contributed by atoms with Gasteiger partial charge in [-0.25, -0.2) is 0 Å². The van der Waals surface area contributed by atoms with Crippen molar-refractivity contribution in [2.45, 2.75) is 77.7 Å². The molecular formula is C26H39N5O7. The molecule has 1 unspecified atom stereocenters. The smallest absolute Gasteiger partial charge is 0.253 e. The molecule has 12 heteroatoms. The van der Waals surface area contributed by atoms with Crippen LogP contribution in [0.2, 0.25) is 0 Å². The molecule has 0 aromatic rings. The highest BCUT2D eigenvalue weighted by Gasteiger charge is 2.35. The van der Waals surface area contributed by atoms with Crippen LogP contribution in [0.3, 0.4) is 0 Å².